The Morgan fingerprint density at radius 1 is 1.39 bits per heavy atom. The fraction of sp³-hybridized carbons (Fsp3) is 0.0833. The number of hydrogen-bond donors (Lipinski definition) is 1. The zero-order valence-electron chi connectivity index (χ0n) is 9.41. The van der Waals surface area contributed by atoms with Crippen LogP contribution < -0.4 is 5.32 Å². The van der Waals surface area contributed by atoms with Gasteiger partial charge in [-0.2, -0.15) is 5.26 Å². The molecule has 0 saturated heterocycles. The van der Waals surface area contributed by atoms with Gasteiger partial charge in [-0.3, -0.25) is 0 Å². The number of rotatable bonds is 2. The topological polar surface area (TPSA) is 61.6 Å². The van der Waals surface area contributed by atoms with Crippen LogP contribution in [0.5, 0.6) is 0 Å². The van der Waals surface area contributed by atoms with E-state index >= 15 is 0 Å². The van der Waals surface area contributed by atoms with Crippen LogP contribution in [0, 0.1) is 18.3 Å². The van der Waals surface area contributed by atoms with Crippen LogP contribution in [0.15, 0.2) is 29.0 Å². The summed E-state index contributed by atoms with van der Waals surface area (Å²) >= 11 is 9.28. The zero-order valence-corrected chi connectivity index (χ0v) is 11.7. The van der Waals surface area contributed by atoms with Gasteiger partial charge in [0.15, 0.2) is 11.0 Å². The van der Waals surface area contributed by atoms with Gasteiger partial charge in [0.1, 0.15) is 18.0 Å². The van der Waals surface area contributed by atoms with Gasteiger partial charge in [0, 0.05) is 10.2 Å². The summed E-state index contributed by atoms with van der Waals surface area (Å²) in [5.74, 6) is 0.397. The third-order valence-corrected chi connectivity index (χ3v) is 3.49. The molecule has 0 aliphatic carbocycles. The highest BCUT2D eigenvalue weighted by atomic mass is 79.9. The predicted molar refractivity (Wildman–Crippen MR) is 73.9 cm³/mol. The summed E-state index contributed by atoms with van der Waals surface area (Å²) in [6, 6.07) is 7.75. The van der Waals surface area contributed by atoms with Gasteiger partial charge < -0.3 is 5.32 Å². The molecule has 0 amide bonds. The molecule has 0 fully saturated rings. The van der Waals surface area contributed by atoms with E-state index in [1.807, 2.05) is 31.2 Å². The van der Waals surface area contributed by atoms with Gasteiger partial charge in [-0.1, -0.05) is 33.6 Å². The molecule has 0 aliphatic rings. The number of aryl methyl sites for hydroxylation is 1. The van der Waals surface area contributed by atoms with E-state index in [0.29, 0.717) is 5.82 Å². The second-order valence-corrected chi connectivity index (χ2v) is 4.80. The van der Waals surface area contributed by atoms with Crippen molar-refractivity contribution in [3.05, 3.63) is 45.3 Å². The van der Waals surface area contributed by atoms with Crippen molar-refractivity contribution < 1.29 is 0 Å². The van der Waals surface area contributed by atoms with E-state index in [4.69, 9.17) is 16.9 Å². The summed E-state index contributed by atoms with van der Waals surface area (Å²) in [6.45, 7) is 2.00. The third kappa shape index (κ3) is 2.61. The van der Waals surface area contributed by atoms with Gasteiger partial charge >= 0.3 is 0 Å². The third-order valence-electron chi connectivity index (χ3n) is 2.35. The van der Waals surface area contributed by atoms with Crippen LogP contribution >= 0.6 is 27.5 Å². The van der Waals surface area contributed by atoms with E-state index in [0.717, 1.165) is 15.7 Å². The largest absolute Gasteiger partial charge is 0.339 e. The fourth-order valence-corrected chi connectivity index (χ4v) is 1.92. The minimum absolute atomic E-state index is 0.140. The van der Waals surface area contributed by atoms with Crippen molar-refractivity contribution in [3.63, 3.8) is 0 Å². The molecule has 0 unspecified atom stereocenters. The molecule has 0 spiro atoms. The highest BCUT2D eigenvalue weighted by Crippen LogP contribution is 2.25. The number of anilines is 2. The molecule has 0 saturated carbocycles. The average Bonchev–Trinajstić information content (AvgIpc) is 2.34. The standard InChI is InChI=1S/C12H8BrClN4/c1-7-2-3-8(4-10(7)13)18-12-9(5-15)11(14)16-6-17-12/h2-4,6H,1H3,(H,16,17,18). The second kappa shape index (κ2) is 5.34. The molecule has 2 rings (SSSR count). The summed E-state index contributed by atoms with van der Waals surface area (Å²) < 4.78 is 0.978. The maximum absolute atomic E-state index is 9.01. The average molecular weight is 324 g/mol. The molecule has 0 bridgehead atoms. The molecule has 1 N–H and O–H groups in total. The molecular weight excluding hydrogens is 316 g/mol. The number of nitrogens with one attached hydrogen (secondary N) is 1. The first-order chi connectivity index (χ1) is 8.61. The van der Waals surface area contributed by atoms with Crippen molar-refractivity contribution >= 4 is 39.0 Å². The molecule has 2 aromatic rings. The molecule has 18 heavy (non-hydrogen) atoms. The Morgan fingerprint density at radius 2 is 2.17 bits per heavy atom. The predicted octanol–water partition coefficient (Wildman–Crippen LogP) is 3.82. The number of halogens is 2. The Labute approximate surface area is 118 Å². The summed E-state index contributed by atoms with van der Waals surface area (Å²) in [6.07, 6.45) is 1.31. The Hall–Kier alpha value is -1.64. The van der Waals surface area contributed by atoms with E-state index in [2.05, 4.69) is 31.2 Å². The molecule has 90 valence electrons. The van der Waals surface area contributed by atoms with Gasteiger partial charge in [0.05, 0.1) is 0 Å². The van der Waals surface area contributed by atoms with Crippen LogP contribution in [0.1, 0.15) is 11.1 Å². The molecule has 1 heterocycles. The molecule has 0 atom stereocenters. The first-order valence-electron chi connectivity index (χ1n) is 5.05. The number of nitriles is 1. The van der Waals surface area contributed by atoms with Crippen LogP contribution in [0.2, 0.25) is 5.15 Å². The van der Waals surface area contributed by atoms with Crippen LogP contribution in [0.25, 0.3) is 0 Å². The van der Waals surface area contributed by atoms with E-state index in [-0.39, 0.29) is 10.7 Å². The van der Waals surface area contributed by atoms with Crippen molar-refractivity contribution in [1.29, 1.82) is 5.26 Å². The summed E-state index contributed by atoms with van der Waals surface area (Å²) in [4.78, 5) is 7.78. The van der Waals surface area contributed by atoms with Crippen LogP contribution in [0.4, 0.5) is 11.5 Å². The SMILES string of the molecule is Cc1ccc(Nc2ncnc(Cl)c2C#N)cc1Br. The van der Waals surface area contributed by atoms with Crippen LogP contribution in [-0.2, 0) is 0 Å². The van der Waals surface area contributed by atoms with Crippen LogP contribution in [-0.4, -0.2) is 9.97 Å². The molecule has 6 heteroatoms. The van der Waals surface area contributed by atoms with Gasteiger partial charge in [-0.05, 0) is 24.6 Å². The Balaban J connectivity index is 2.37. The lowest BCUT2D eigenvalue weighted by molar-refractivity contribution is 1.15. The number of nitrogens with zero attached hydrogens (tertiary/aromatic N) is 3. The summed E-state index contributed by atoms with van der Waals surface area (Å²) in [5, 5.41) is 12.2. The number of benzene rings is 1. The van der Waals surface area contributed by atoms with E-state index in [9.17, 15) is 0 Å². The van der Waals surface area contributed by atoms with E-state index in [1.165, 1.54) is 6.33 Å². The lowest BCUT2D eigenvalue weighted by atomic mass is 10.2. The molecule has 0 radical (unpaired) electrons. The van der Waals surface area contributed by atoms with Crippen LogP contribution in [0.3, 0.4) is 0 Å². The minimum Gasteiger partial charge on any atom is -0.339 e. The van der Waals surface area contributed by atoms with Crippen molar-refractivity contribution in [2.24, 2.45) is 0 Å². The lowest BCUT2D eigenvalue weighted by Gasteiger charge is -2.08. The summed E-state index contributed by atoms with van der Waals surface area (Å²) in [7, 11) is 0. The van der Waals surface area contributed by atoms with Gasteiger partial charge in [0.25, 0.3) is 0 Å². The molecule has 0 aliphatic heterocycles. The fourth-order valence-electron chi connectivity index (χ4n) is 1.37. The summed E-state index contributed by atoms with van der Waals surface area (Å²) in [5.41, 5.74) is 2.18. The molecule has 1 aromatic carbocycles. The maximum Gasteiger partial charge on any atom is 0.153 e. The maximum atomic E-state index is 9.01. The first-order valence-corrected chi connectivity index (χ1v) is 6.22. The first kappa shape index (κ1) is 12.8. The number of aromatic nitrogens is 2. The smallest absolute Gasteiger partial charge is 0.153 e. The van der Waals surface area contributed by atoms with Gasteiger partial charge in [-0.25, -0.2) is 9.97 Å². The Bertz CT molecular complexity index is 636. The molecule has 1 aromatic heterocycles. The molecular formula is C12H8BrClN4. The van der Waals surface area contributed by atoms with Crippen molar-refractivity contribution in [2.45, 2.75) is 6.92 Å². The molecule has 4 nitrogen and oxygen atoms in total. The highest BCUT2D eigenvalue weighted by molar-refractivity contribution is 9.10. The van der Waals surface area contributed by atoms with E-state index in [1.54, 1.807) is 0 Å². The Morgan fingerprint density at radius 3 is 2.83 bits per heavy atom. The normalized spacial score (nSPS) is 9.89. The van der Waals surface area contributed by atoms with Gasteiger partial charge in [-0.15, -0.1) is 0 Å². The Kier molecular flexibility index (Phi) is 3.80. The lowest BCUT2D eigenvalue weighted by Crippen LogP contribution is -1.99. The zero-order chi connectivity index (χ0) is 13.1. The van der Waals surface area contributed by atoms with Crippen molar-refractivity contribution in [1.82, 2.24) is 9.97 Å². The second-order valence-electron chi connectivity index (χ2n) is 3.59. The van der Waals surface area contributed by atoms with Gasteiger partial charge in [0.2, 0.25) is 0 Å². The minimum atomic E-state index is 0.140. The highest BCUT2D eigenvalue weighted by Gasteiger charge is 2.09. The van der Waals surface area contributed by atoms with E-state index < -0.39 is 0 Å². The number of hydrogen-bond acceptors (Lipinski definition) is 4. The van der Waals surface area contributed by atoms with Crippen molar-refractivity contribution in [2.75, 3.05) is 5.32 Å². The van der Waals surface area contributed by atoms with Crippen molar-refractivity contribution in [3.8, 4) is 6.07 Å². The quantitative estimate of drug-likeness (QED) is 0.854. The monoisotopic (exact) mass is 322 g/mol.